The van der Waals surface area contributed by atoms with Crippen molar-refractivity contribution >= 4 is 17.5 Å². The van der Waals surface area contributed by atoms with E-state index < -0.39 is 17.8 Å². The average molecular weight is 1730 g/mol. The number of imidazole rings is 4. The van der Waals surface area contributed by atoms with E-state index in [2.05, 4.69) is 142 Å². The molecule has 12 aromatic heterocycles. The van der Waals surface area contributed by atoms with Gasteiger partial charge in [0.05, 0.1) is 155 Å². The Balaban J connectivity index is 0.000000138. The van der Waals surface area contributed by atoms with Gasteiger partial charge in [0, 0.05) is 30.8 Å². The molecule has 2 aliphatic rings. The SMILES string of the molecule is CC[C@H](Nc1nnc(-c2ccc(-n3cnc(C)c3)c(CO)n2)cc1C)c1ccc(C)cc1.COc1nc(-c2cc(C)c(C[C@@H]3C[C@H]3c3ccc(C)c(F)c3)nn2)ccc1-n1cnc(C)c1.Cc1ccc([C@H](C)Nc2nnc(-c3ccc(-n4cnc(C)c4)c(CO)n3)cc2C)c(C(F)(F)F)c1.Cc1cn(-c2ccc(-c3cc(C)c(NC4CCCCC4)nn3)nc2CO)cn1. The molecule has 128 heavy (non-hydrogen) atoms. The van der Waals surface area contributed by atoms with Gasteiger partial charge in [-0.3, -0.25) is 0 Å². The van der Waals surface area contributed by atoms with Crippen LogP contribution in [0.2, 0.25) is 0 Å². The molecule has 0 amide bonds. The molecule has 4 atom stereocenters. The number of nitrogens with one attached hydrogen (secondary N) is 3. The highest BCUT2D eigenvalue weighted by molar-refractivity contribution is 5.64. The number of aryl methyl sites for hydroxylation is 11. The summed E-state index contributed by atoms with van der Waals surface area (Å²) >= 11 is 0. The van der Waals surface area contributed by atoms with Crippen LogP contribution < -0.4 is 20.7 Å². The third-order valence-electron chi connectivity index (χ3n) is 22.9. The minimum absolute atomic E-state index is 0.129. The summed E-state index contributed by atoms with van der Waals surface area (Å²) in [5.74, 6) is 3.23. The Morgan fingerprint density at radius 1 is 0.445 bits per heavy atom. The zero-order chi connectivity index (χ0) is 90.6. The maximum atomic E-state index is 13.9. The second-order valence-electron chi connectivity index (χ2n) is 32.8. The topological polar surface area (TPSA) is 332 Å². The minimum Gasteiger partial charge on any atom is -0.479 e. The largest absolute Gasteiger partial charge is 0.479 e. The molecule has 0 bridgehead atoms. The first kappa shape index (κ1) is 90.5. The van der Waals surface area contributed by atoms with E-state index in [1.54, 1.807) is 88.9 Å². The van der Waals surface area contributed by atoms with E-state index in [9.17, 15) is 32.9 Å². The lowest BCUT2D eigenvalue weighted by molar-refractivity contribution is -0.138. The van der Waals surface area contributed by atoms with E-state index in [0.29, 0.717) is 115 Å². The fraction of sp³-hybridized carbons (Fsp3) is 0.320. The molecule has 0 aliphatic heterocycles. The average Bonchev–Trinajstić information content (AvgIpc) is 1.63. The van der Waals surface area contributed by atoms with Crippen molar-refractivity contribution in [1.82, 2.24) is 98.9 Å². The van der Waals surface area contributed by atoms with Gasteiger partial charge in [0.15, 0.2) is 17.5 Å². The van der Waals surface area contributed by atoms with Crippen molar-refractivity contribution in [2.45, 2.75) is 191 Å². The molecule has 15 aromatic rings. The lowest BCUT2D eigenvalue weighted by Crippen LogP contribution is -2.23. The summed E-state index contributed by atoms with van der Waals surface area (Å²) in [6.45, 7) is 24.3. The number of ether oxygens (including phenoxy) is 1. The van der Waals surface area contributed by atoms with Gasteiger partial charge in [-0.15, -0.1) is 35.7 Å². The first-order valence-corrected chi connectivity index (χ1v) is 42.7. The molecule has 0 unspecified atom stereocenters. The summed E-state index contributed by atoms with van der Waals surface area (Å²) in [5, 5.41) is 74.7. The van der Waals surface area contributed by atoms with Crippen molar-refractivity contribution in [3.63, 3.8) is 0 Å². The highest BCUT2D eigenvalue weighted by atomic mass is 19.4. The smallest absolute Gasteiger partial charge is 0.416 e. The number of methoxy groups -OCH3 is 1. The molecule has 2 fully saturated rings. The summed E-state index contributed by atoms with van der Waals surface area (Å²) in [4.78, 5) is 35.4. The van der Waals surface area contributed by atoms with E-state index >= 15 is 0 Å². The van der Waals surface area contributed by atoms with E-state index in [1.165, 1.54) is 49.3 Å². The third-order valence-corrected chi connectivity index (χ3v) is 22.9. The Morgan fingerprint density at radius 3 is 1.31 bits per heavy atom. The Hall–Kier alpha value is -13.8. The number of halogens is 4. The molecule has 2 saturated carbocycles. The van der Waals surface area contributed by atoms with Gasteiger partial charge < -0.3 is 54.3 Å². The Labute approximate surface area is 740 Å². The molecule has 660 valence electrons. The van der Waals surface area contributed by atoms with Crippen molar-refractivity contribution in [3.05, 3.63) is 296 Å². The number of anilines is 3. The number of hydrogen-bond acceptors (Lipinski definition) is 23. The van der Waals surface area contributed by atoms with E-state index in [4.69, 9.17) is 4.74 Å². The van der Waals surface area contributed by atoms with Crippen LogP contribution in [-0.4, -0.2) is 127 Å². The van der Waals surface area contributed by atoms with Crippen LogP contribution >= 0.6 is 0 Å². The summed E-state index contributed by atoms with van der Waals surface area (Å²) in [6.07, 6.45) is 19.0. The minimum atomic E-state index is -4.46. The van der Waals surface area contributed by atoms with Crippen molar-refractivity contribution in [3.8, 4) is 74.2 Å². The molecule has 2 aliphatic carbocycles. The van der Waals surface area contributed by atoms with Crippen LogP contribution in [0.5, 0.6) is 5.88 Å². The van der Waals surface area contributed by atoms with Crippen LogP contribution in [0.15, 0.2) is 184 Å². The Kier molecular flexibility index (Phi) is 28.4. The fourth-order valence-corrected chi connectivity index (χ4v) is 15.6. The second kappa shape index (κ2) is 40.2. The van der Waals surface area contributed by atoms with Gasteiger partial charge in [-0.05, 0) is 256 Å². The van der Waals surface area contributed by atoms with Crippen LogP contribution in [0, 0.1) is 87.9 Å². The molecule has 6 N–H and O–H groups in total. The van der Waals surface area contributed by atoms with Crippen LogP contribution in [0.25, 0.3) is 68.3 Å². The predicted octanol–water partition coefficient (Wildman–Crippen LogP) is 18.8. The molecule has 12 heterocycles. The lowest BCUT2D eigenvalue weighted by atomic mass is 9.95. The molecule has 0 radical (unpaired) electrons. The van der Waals surface area contributed by atoms with Crippen LogP contribution in [0.1, 0.15) is 184 Å². The monoisotopic (exact) mass is 1730 g/mol. The number of hydrogen-bond donors (Lipinski definition) is 6. The number of rotatable bonds is 24. The number of aliphatic hydroxyl groups is 3. The highest BCUT2D eigenvalue weighted by Gasteiger charge is 2.40. The third kappa shape index (κ3) is 21.8. The van der Waals surface area contributed by atoms with Gasteiger partial charge >= 0.3 is 6.18 Å². The molecule has 0 saturated heterocycles. The maximum absolute atomic E-state index is 13.9. The Bertz CT molecular complexity index is 6400. The van der Waals surface area contributed by atoms with Crippen molar-refractivity contribution in [2.75, 3.05) is 23.1 Å². The Morgan fingerprint density at radius 2 is 0.883 bits per heavy atom. The summed E-state index contributed by atoms with van der Waals surface area (Å²) < 4.78 is 67.5. The number of nitrogens with zero attached hydrogens (tertiary/aromatic N) is 20. The van der Waals surface area contributed by atoms with Gasteiger partial charge in [-0.25, -0.2) is 44.3 Å². The van der Waals surface area contributed by atoms with Gasteiger partial charge in [-0.2, -0.15) is 18.3 Å². The first-order valence-electron chi connectivity index (χ1n) is 42.7. The van der Waals surface area contributed by atoms with Crippen LogP contribution in [0.3, 0.4) is 0 Å². The molecule has 17 rings (SSSR count). The fourth-order valence-electron chi connectivity index (χ4n) is 15.6. The second-order valence-corrected chi connectivity index (χ2v) is 32.8. The summed E-state index contributed by atoms with van der Waals surface area (Å²) in [7, 11) is 1.60. The molecular formula is C97H105F4N23O4. The highest BCUT2D eigenvalue weighted by Crippen LogP contribution is 2.50. The van der Waals surface area contributed by atoms with Crippen LogP contribution in [-0.2, 0) is 32.4 Å². The molecular weight excluding hydrogens is 1630 g/mol. The van der Waals surface area contributed by atoms with Gasteiger partial charge in [0.1, 0.15) is 34.3 Å². The van der Waals surface area contributed by atoms with Crippen LogP contribution in [0.4, 0.5) is 35.0 Å². The van der Waals surface area contributed by atoms with Gasteiger partial charge in [-0.1, -0.05) is 85.8 Å². The van der Waals surface area contributed by atoms with Crippen molar-refractivity contribution < 1.29 is 37.6 Å². The van der Waals surface area contributed by atoms with E-state index in [-0.39, 0.29) is 37.2 Å². The van der Waals surface area contributed by atoms with Crippen molar-refractivity contribution in [2.24, 2.45) is 5.92 Å². The number of aliphatic hydroxyl groups excluding tert-OH is 3. The number of alkyl halides is 3. The standard InChI is InChI=1S/C26H26FN5O.C25H25F3N6O.C25H28N6O.C21H26N6O/c1-15-5-6-18(11-21(15)27)20-10-19(20)12-23-16(2)9-24(31-30-23)22-7-8-25(26(29-22)33-4)32-13-17(3)28-14-32;1-14-5-6-18(19(9-14)25(26,27)28)17(4)30-24-15(2)10-21(32-33-24)20-7-8-23(22(12-35)31-20)34-11-16(3)29-13-34;1-5-20(19-8-6-16(2)7-9-19)28-25-17(3)12-22(29-30-25)21-10-11-24(23(14-32)27-21)31-13-18(4)26-15-31;1-14-10-18(25-26-21(14)23-16-6-4-3-5-7-16)17-8-9-20(19(12-28)24-17)27-11-15(2)22-13-27/h5-9,11,13-14,19-20H,10,12H2,1-4H3;5-11,13,17,35H,12H2,1-4H3,(H,30,33);6-13,15,20,32H,5,14H2,1-4H3,(H,28,30);8-11,13,16,28H,3-7,12H2,1-2H3,(H,23,26)/t19-,20-;17-;20-;/m000./s1. The van der Waals surface area contributed by atoms with E-state index in [1.807, 2.05) is 153 Å². The number of pyridine rings is 4. The summed E-state index contributed by atoms with van der Waals surface area (Å²) in [6, 6.07) is 41.3. The zero-order valence-corrected chi connectivity index (χ0v) is 74.2. The van der Waals surface area contributed by atoms with Gasteiger partial charge in [0.25, 0.3) is 0 Å². The zero-order valence-electron chi connectivity index (χ0n) is 74.2. The molecule has 0 spiro atoms. The molecule has 27 nitrogen and oxygen atoms in total. The van der Waals surface area contributed by atoms with Gasteiger partial charge in [0.2, 0.25) is 5.88 Å². The first-order chi connectivity index (χ1) is 61.6. The maximum Gasteiger partial charge on any atom is 0.416 e. The number of aromatic nitrogens is 20. The molecule has 31 heteroatoms. The molecule has 3 aromatic carbocycles. The lowest BCUT2D eigenvalue weighted by Gasteiger charge is -2.23. The number of benzene rings is 3. The normalized spacial score (nSPS) is 14.2. The van der Waals surface area contributed by atoms with E-state index in [0.717, 1.165) is 105 Å². The summed E-state index contributed by atoms with van der Waals surface area (Å²) in [5.41, 5.74) is 22.5. The quantitative estimate of drug-likeness (QED) is 0.0306. The predicted molar refractivity (Wildman–Crippen MR) is 484 cm³/mol. The van der Waals surface area contributed by atoms with Crippen molar-refractivity contribution in [1.29, 1.82) is 0 Å².